The Morgan fingerprint density at radius 3 is 2.26 bits per heavy atom. The molecule has 3 heterocycles. The quantitative estimate of drug-likeness (QED) is 0.303. The van der Waals surface area contributed by atoms with Crippen molar-refractivity contribution < 1.29 is 28.4 Å². The minimum absolute atomic E-state index is 0.208. The predicted molar refractivity (Wildman–Crippen MR) is 135 cm³/mol. The van der Waals surface area contributed by atoms with Crippen LogP contribution < -0.4 is 0 Å². The van der Waals surface area contributed by atoms with Gasteiger partial charge in [-0.2, -0.15) is 0 Å². The van der Waals surface area contributed by atoms with Crippen LogP contribution in [0.4, 0.5) is 0 Å². The molecule has 3 fully saturated rings. The molecule has 6 nitrogen and oxygen atoms in total. The van der Waals surface area contributed by atoms with Crippen LogP contribution in [0, 0.1) is 0 Å². The first-order valence-corrected chi connectivity index (χ1v) is 14.0. The molecular weight excluding hydrogens is 444 g/mol. The highest BCUT2D eigenvalue weighted by Crippen LogP contribution is 2.45. The van der Waals surface area contributed by atoms with Crippen LogP contribution in [0.25, 0.3) is 0 Å². The normalized spacial score (nSPS) is 31.2. The van der Waals surface area contributed by atoms with Crippen LogP contribution in [0.3, 0.4) is 0 Å². The fraction of sp³-hybridized carbons (Fsp3) is 0.793. The van der Waals surface area contributed by atoms with Crippen molar-refractivity contribution in [1.82, 2.24) is 0 Å². The molecule has 0 aromatic heterocycles. The van der Waals surface area contributed by atoms with Crippen molar-refractivity contribution in [2.75, 3.05) is 6.61 Å². The Kier molecular flexibility index (Phi) is 9.28. The molecule has 0 aliphatic carbocycles. The minimum atomic E-state index is -0.607. The SMILES string of the molecule is CCCCCCc1cccc(CO[C@@H]2[C@H]3OC(CC)(CC)O[C@H]3O[C@@H]2[C@H]2COC(CC)(CC)O2)c1. The molecule has 0 radical (unpaired) electrons. The molecule has 0 saturated carbocycles. The van der Waals surface area contributed by atoms with Gasteiger partial charge < -0.3 is 28.4 Å². The number of rotatable bonds is 13. The summed E-state index contributed by atoms with van der Waals surface area (Å²) < 4.78 is 38.4. The Bertz CT molecular complexity index is 789. The predicted octanol–water partition coefficient (Wildman–Crippen LogP) is 6.28. The summed E-state index contributed by atoms with van der Waals surface area (Å²) in [5, 5.41) is 0. The fourth-order valence-corrected chi connectivity index (χ4v) is 5.61. The molecule has 1 aromatic carbocycles. The number of aryl methyl sites for hydroxylation is 1. The lowest BCUT2D eigenvalue weighted by atomic mass is 10.0. The second-order valence-corrected chi connectivity index (χ2v) is 10.3. The van der Waals surface area contributed by atoms with Crippen molar-refractivity contribution in [2.24, 2.45) is 0 Å². The summed E-state index contributed by atoms with van der Waals surface area (Å²) in [6.07, 6.45) is 7.84. The maximum absolute atomic E-state index is 6.58. The highest BCUT2D eigenvalue weighted by atomic mass is 16.8. The zero-order chi connectivity index (χ0) is 24.9. The zero-order valence-electron chi connectivity index (χ0n) is 22.4. The largest absolute Gasteiger partial charge is 0.368 e. The van der Waals surface area contributed by atoms with E-state index >= 15 is 0 Å². The van der Waals surface area contributed by atoms with Crippen LogP contribution >= 0.6 is 0 Å². The van der Waals surface area contributed by atoms with Gasteiger partial charge in [0.25, 0.3) is 0 Å². The Morgan fingerprint density at radius 1 is 0.829 bits per heavy atom. The van der Waals surface area contributed by atoms with Gasteiger partial charge in [0, 0.05) is 0 Å². The number of hydrogen-bond acceptors (Lipinski definition) is 6. The maximum atomic E-state index is 6.58. The number of hydrogen-bond donors (Lipinski definition) is 0. The molecule has 1 aromatic rings. The number of fused-ring (bicyclic) bond motifs is 1. The summed E-state index contributed by atoms with van der Waals surface area (Å²) >= 11 is 0. The Hall–Kier alpha value is -1.02. The second kappa shape index (κ2) is 12.0. The van der Waals surface area contributed by atoms with E-state index in [0.717, 1.165) is 32.1 Å². The van der Waals surface area contributed by atoms with E-state index in [9.17, 15) is 0 Å². The summed E-state index contributed by atoms with van der Waals surface area (Å²) in [5.41, 5.74) is 2.55. The molecule has 3 aliphatic heterocycles. The van der Waals surface area contributed by atoms with Crippen molar-refractivity contribution in [3.05, 3.63) is 35.4 Å². The third-order valence-electron chi connectivity index (χ3n) is 8.04. The van der Waals surface area contributed by atoms with Crippen molar-refractivity contribution in [2.45, 2.75) is 141 Å². The van der Waals surface area contributed by atoms with Crippen molar-refractivity contribution >= 4 is 0 Å². The van der Waals surface area contributed by atoms with Crippen LogP contribution in [0.5, 0.6) is 0 Å². The fourth-order valence-electron chi connectivity index (χ4n) is 5.61. The lowest BCUT2D eigenvalue weighted by Gasteiger charge is -2.32. The molecule has 6 heteroatoms. The molecule has 0 unspecified atom stereocenters. The molecule has 0 bridgehead atoms. The lowest BCUT2D eigenvalue weighted by molar-refractivity contribution is -0.254. The van der Waals surface area contributed by atoms with E-state index in [1.807, 2.05) is 0 Å². The molecule has 35 heavy (non-hydrogen) atoms. The van der Waals surface area contributed by atoms with Gasteiger partial charge in [-0.05, 0) is 49.7 Å². The van der Waals surface area contributed by atoms with E-state index in [4.69, 9.17) is 28.4 Å². The van der Waals surface area contributed by atoms with E-state index < -0.39 is 17.9 Å². The number of unbranched alkanes of at least 4 members (excludes halogenated alkanes) is 3. The third-order valence-corrected chi connectivity index (χ3v) is 8.04. The van der Waals surface area contributed by atoms with Gasteiger partial charge in [0.05, 0.1) is 13.2 Å². The van der Waals surface area contributed by atoms with Gasteiger partial charge >= 0.3 is 0 Å². The molecule has 0 spiro atoms. The Labute approximate surface area is 211 Å². The monoisotopic (exact) mass is 490 g/mol. The number of benzene rings is 1. The van der Waals surface area contributed by atoms with Crippen LogP contribution in [-0.2, 0) is 41.4 Å². The van der Waals surface area contributed by atoms with E-state index in [0.29, 0.717) is 13.2 Å². The molecule has 4 rings (SSSR count). The Balaban J connectivity index is 1.45. The second-order valence-electron chi connectivity index (χ2n) is 10.3. The average Bonchev–Trinajstić information content (AvgIpc) is 3.57. The van der Waals surface area contributed by atoms with Crippen molar-refractivity contribution in [1.29, 1.82) is 0 Å². The Morgan fingerprint density at radius 2 is 1.57 bits per heavy atom. The van der Waals surface area contributed by atoms with E-state index in [1.165, 1.54) is 36.8 Å². The standard InChI is InChI=1S/C29H46O6/c1-6-11-12-13-15-21-16-14-17-22(18-21)19-30-25-24(23-20-31-28(7-2,8-3)33-23)32-27-26(25)34-29(9-4,10-5)35-27/h14,16-18,23-27H,6-13,15,19-20H2,1-5H3/t23-,24-,25+,26-,27-/m1/s1. The van der Waals surface area contributed by atoms with Gasteiger partial charge in [-0.1, -0.05) is 78.1 Å². The van der Waals surface area contributed by atoms with E-state index in [1.54, 1.807) is 0 Å². The summed E-state index contributed by atoms with van der Waals surface area (Å²) in [6.45, 7) is 11.6. The van der Waals surface area contributed by atoms with Gasteiger partial charge in [0.1, 0.15) is 24.4 Å². The van der Waals surface area contributed by atoms with Gasteiger partial charge in [-0.3, -0.25) is 0 Å². The van der Waals surface area contributed by atoms with Gasteiger partial charge in [-0.25, -0.2) is 0 Å². The van der Waals surface area contributed by atoms with Crippen LogP contribution in [-0.4, -0.2) is 48.9 Å². The minimum Gasteiger partial charge on any atom is -0.368 e. The first-order valence-electron chi connectivity index (χ1n) is 14.0. The first-order chi connectivity index (χ1) is 17.0. The third kappa shape index (κ3) is 5.94. The van der Waals surface area contributed by atoms with E-state index in [-0.39, 0.29) is 24.4 Å². The topological polar surface area (TPSA) is 55.4 Å². The zero-order valence-corrected chi connectivity index (χ0v) is 22.4. The average molecular weight is 491 g/mol. The summed E-state index contributed by atoms with van der Waals surface area (Å²) in [4.78, 5) is 0. The highest BCUT2D eigenvalue weighted by Gasteiger charge is 2.60. The van der Waals surface area contributed by atoms with Crippen LogP contribution in [0.2, 0.25) is 0 Å². The molecule has 198 valence electrons. The van der Waals surface area contributed by atoms with E-state index in [2.05, 4.69) is 58.9 Å². The highest BCUT2D eigenvalue weighted by molar-refractivity contribution is 5.23. The van der Waals surface area contributed by atoms with Crippen molar-refractivity contribution in [3.63, 3.8) is 0 Å². The summed E-state index contributed by atoms with van der Waals surface area (Å²) in [6, 6.07) is 8.77. The van der Waals surface area contributed by atoms with Crippen LogP contribution in [0.15, 0.2) is 24.3 Å². The molecule has 5 atom stereocenters. The molecule has 3 saturated heterocycles. The van der Waals surface area contributed by atoms with Crippen LogP contribution in [0.1, 0.15) is 97.1 Å². The lowest BCUT2D eigenvalue weighted by Crippen LogP contribution is -2.45. The molecule has 3 aliphatic rings. The summed E-state index contributed by atoms with van der Waals surface area (Å²) in [7, 11) is 0. The number of ether oxygens (including phenoxy) is 6. The molecular formula is C29H46O6. The van der Waals surface area contributed by atoms with Gasteiger partial charge in [0.15, 0.2) is 17.9 Å². The smallest absolute Gasteiger partial charge is 0.190 e. The first kappa shape index (κ1) is 27.0. The summed E-state index contributed by atoms with van der Waals surface area (Å²) in [5.74, 6) is -1.15. The van der Waals surface area contributed by atoms with Gasteiger partial charge in [0.2, 0.25) is 0 Å². The van der Waals surface area contributed by atoms with Gasteiger partial charge in [-0.15, -0.1) is 0 Å². The molecule has 0 amide bonds. The van der Waals surface area contributed by atoms with Crippen molar-refractivity contribution in [3.8, 4) is 0 Å². The maximum Gasteiger partial charge on any atom is 0.190 e. The molecule has 0 N–H and O–H groups in total.